The molecule has 0 amide bonds. The maximum atomic E-state index is 12.1. The van der Waals surface area contributed by atoms with Crippen molar-refractivity contribution in [2.75, 3.05) is 33.4 Å². The third-order valence-electron chi connectivity index (χ3n) is 3.12. The molecular weight excluding hydrogens is 264 g/mol. The van der Waals surface area contributed by atoms with Gasteiger partial charge in [0.2, 0.25) is 10.0 Å². The van der Waals surface area contributed by atoms with Crippen molar-refractivity contribution in [2.24, 2.45) is 5.41 Å². The molecule has 0 aromatic carbocycles. The fourth-order valence-electron chi connectivity index (χ4n) is 1.50. The molecule has 0 aliphatic carbocycles. The summed E-state index contributed by atoms with van der Waals surface area (Å²) in [6.45, 7) is 10.3. The molecule has 0 aliphatic heterocycles. The third kappa shape index (κ3) is 8.57. The van der Waals surface area contributed by atoms with Gasteiger partial charge in [-0.3, -0.25) is 0 Å². The first kappa shape index (κ1) is 18.8. The van der Waals surface area contributed by atoms with Gasteiger partial charge in [-0.05, 0) is 31.7 Å². The molecule has 0 heterocycles. The molecule has 0 fully saturated rings. The molecule has 0 aromatic rings. The van der Waals surface area contributed by atoms with E-state index in [2.05, 4.69) is 17.0 Å². The Kier molecular flexibility index (Phi) is 8.81. The van der Waals surface area contributed by atoms with Crippen molar-refractivity contribution in [3.63, 3.8) is 0 Å². The van der Waals surface area contributed by atoms with Crippen LogP contribution < -0.4 is 10.0 Å². The van der Waals surface area contributed by atoms with Crippen LogP contribution in [0.1, 0.15) is 40.5 Å². The van der Waals surface area contributed by atoms with E-state index in [4.69, 9.17) is 4.74 Å². The lowest BCUT2D eigenvalue weighted by Gasteiger charge is -2.25. The fraction of sp³-hybridized carbons (Fsp3) is 1.00. The fourth-order valence-corrected chi connectivity index (χ4v) is 2.71. The number of hydrogen-bond acceptors (Lipinski definition) is 4. The molecule has 5 nitrogen and oxygen atoms in total. The van der Waals surface area contributed by atoms with Gasteiger partial charge in [0.25, 0.3) is 0 Å². The van der Waals surface area contributed by atoms with E-state index in [1.807, 2.05) is 13.8 Å². The minimum absolute atomic E-state index is 0.0976. The highest BCUT2D eigenvalue weighted by Crippen LogP contribution is 2.19. The highest BCUT2D eigenvalue weighted by atomic mass is 32.2. The Morgan fingerprint density at radius 3 is 2.47 bits per heavy atom. The molecule has 6 heteroatoms. The average Bonchev–Trinajstić information content (AvgIpc) is 2.34. The van der Waals surface area contributed by atoms with E-state index in [-0.39, 0.29) is 5.41 Å². The predicted molar refractivity (Wildman–Crippen MR) is 79.8 cm³/mol. The second-order valence-electron chi connectivity index (χ2n) is 5.79. The van der Waals surface area contributed by atoms with Crippen molar-refractivity contribution in [3.05, 3.63) is 0 Å². The topological polar surface area (TPSA) is 67.4 Å². The first-order valence-electron chi connectivity index (χ1n) is 6.93. The Morgan fingerprint density at radius 2 is 1.95 bits per heavy atom. The Morgan fingerprint density at radius 1 is 1.32 bits per heavy atom. The van der Waals surface area contributed by atoms with Crippen LogP contribution in [0.25, 0.3) is 0 Å². The number of ether oxygens (including phenoxy) is 1. The summed E-state index contributed by atoms with van der Waals surface area (Å²) in [5.41, 5.74) is -0.0976. The summed E-state index contributed by atoms with van der Waals surface area (Å²) >= 11 is 0. The zero-order chi connectivity index (χ0) is 14.9. The van der Waals surface area contributed by atoms with Crippen molar-refractivity contribution >= 4 is 10.0 Å². The Bertz CT molecular complexity index is 329. The second-order valence-corrected chi connectivity index (χ2v) is 7.97. The molecule has 19 heavy (non-hydrogen) atoms. The lowest BCUT2D eigenvalue weighted by molar-refractivity contribution is 0.153. The monoisotopic (exact) mass is 294 g/mol. The minimum Gasteiger partial charge on any atom is -0.385 e. The Balaban J connectivity index is 4.21. The number of sulfonamides is 1. The van der Waals surface area contributed by atoms with E-state index < -0.39 is 15.3 Å². The maximum absolute atomic E-state index is 12.1. The number of methoxy groups -OCH3 is 1. The zero-order valence-electron chi connectivity index (χ0n) is 13.0. The summed E-state index contributed by atoms with van der Waals surface area (Å²) in [7, 11) is -1.60. The number of nitrogens with one attached hydrogen (secondary N) is 2. The summed E-state index contributed by atoms with van der Waals surface area (Å²) in [4.78, 5) is 0. The van der Waals surface area contributed by atoms with E-state index in [1.54, 1.807) is 14.0 Å². The van der Waals surface area contributed by atoms with Gasteiger partial charge in [0.15, 0.2) is 0 Å². The highest BCUT2D eigenvalue weighted by Gasteiger charge is 2.24. The van der Waals surface area contributed by atoms with Gasteiger partial charge in [-0.25, -0.2) is 13.1 Å². The standard InChI is InChI=1S/C13H30N2O3S/c1-6-8-14-10-12(2)19(16,17)15-11-13(3,4)7-9-18-5/h12,14-15H,6-11H2,1-5H3. The lowest BCUT2D eigenvalue weighted by Crippen LogP contribution is -2.42. The van der Waals surface area contributed by atoms with Gasteiger partial charge in [0, 0.05) is 26.8 Å². The van der Waals surface area contributed by atoms with Crippen LogP contribution in [-0.2, 0) is 14.8 Å². The predicted octanol–water partition coefficient (Wildman–Crippen LogP) is 1.36. The molecular formula is C13H30N2O3S. The van der Waals surface area contributed by atoms with Crippen molar-refractivity contribution in [1.82, 2.24) is 10.0 Å². The average molecular weight is 294 g/mol. The van der Waals surface area contributed by atoms with E-state index >= 15 is 0 Å². The van der Waals surface area contributed by atoms with E-state index in [1.165, 1.54) is 0 Å². The smallest absolute Gasteiger partial charge is 0.215 e. The van der Waals surface area contributed by atoms with Crippen LogP contribution in [0.15, 0.2) is 0 Å². The van der Waals surface area contributed by atoms with Gasteiger partial charge in [-0.15, -0.1) is 0 Å². The molecule has 0 rings (SSSR count). The summed E-state index contributed by atoms with van der Waals surface area (Å²) in [6, 6.07) is 0. The van der Waals surface area contributed by atoms with Gasteiger partial charge < -0.3 is 10.1 Å². The summed E-state index contributed by atoms with van der Waals surface area (Å²) in [6.07, 6.45) is 1.83. The zero-order valence-corrected chi connectivity index (χ0v) is 13.8. The molecule has 0 radical (unpaired) electrons. The summed E-state index contributed by atoms with van der Waals surface area (Å²) < 4.78 is 31.9. The minimum atomic E-state index is -3.25. The first-order valence-corrected chi connectivity index (χ1v) is 8.48. The summed E-state index contributed by atoms with van der Waals surface area (Å²) in [5.74, 6) is 0. The largest absolute Gasteiger partial charge is 0.385 e. The van der Waals surface area contributed by atoms with Crippen molar-refractivity contribution in [1.29, 1.82) is 0 Å². The van der Waals surface area contributed by atoms with Crippen molar-refractivity contribution in [2.45, 2.75) is 45.8 Å². The van der Waals surface area contributed by atoms with Gasteiger partial charge in [0.05, 0.1) is 5.25 Å². The quantitative estimate of drug-likeness (QED) is 0.565. The van der Waals surface area contributed by atoms with E-state index in [0.29, 0.717) is 19.7 Å². The Labute approximate surface area is 118 Å². The maximum Gasteiger partial charge on any atom is 0.215 e. The highest BCUT2D eigenvalue weighted by molar-refractivity contribution is 7.90. The van der Waals surface area contributed by atoms with Gasteiger partial charge >= 0.3 is 0 Å². The Hall–Kier alpha value is -0.170. The molecule has 116 valence electrons. The second kappa shape index (κ2) is 8.89. The molecule has 0 bridgehead atoms. The molecule has 0 spiro atoms. The van der Waals surface area contributed by atoms with Gasteiger partial charge in [-0.2, -0.15) is 0 Å². The normalized spacial score (nSPS) is 14.6. The van der Waals surface area contributed by atoms with Crippen LogP contribution in [0.3, 0.4) is 0 Å². The van der Waals surface area contributed by atoms with Crippen LogP contribution in [-0.4, -0.2) is 47.0 Å². The molecule has 0 saturated heterocycles. The van der Waals surface area contributed by atoms with Crippen molar-refractivity contribution in [3.8, 4) is 0 Å². The molecule has 0 saturated carbocycles. The van der Waals surface area contributed by atoms with Crippen LogP contribution in [0, 0.1) is 5.41 Å². The SMILES string of the molecule is CCCNCC(C)S(=O)(=O)NCC(C)(C)CCOC. The van der Waals surface area contributed by atoms with Crippen LogP contribution in [0.5, 0.6) is 0 Å². The lowest BCUT2D eigenvalue weighted by atomic mass is 9.90. The van der Waals surface area contributed by atoms with Crippen LogP contribution in [0.2, 0.25) is 0 Å². The van der Waals surface area contributed by atoms with Crippen LogP contribution in [0.4, 0.5) is 0 Å². The third-order valence-corrected chi connectivity index (χ3v) is 4.90. The number of hydrogen-bond donors (Lipinski definition) is 2. The molecule has 0 aromatic heterocycles. The molecule has 0 aliphatic rings. The van der Waals surface area contributed by atoms with Gasteiger partial charge in [-0.1, -0.05) is 20.8 Å². The van der Waals surface area contributed by atoms with Crippen molar-refractivity contribution < 1.29 is 13.2 Å². The van der Waals surface area contributed by atoms with Gasteiger partial charge in [0.1, 0.15) is 0 Å². The van der Waals surface area contributed by atoms with E-state index in [0.717, 1.165) is 19.4 Å². The molecule has 2 N–H and O–H groups in total. The molecule has 1 atom stereocenters. The first-order chi connectivity index (χ1) is 8.75. The van der Waals surface area contributed by atoms with E-state index in [9.17, 15) is 8.42 Å². The summed E-state index contributed by atoms with van der Waals surface area (Å²) in [5, 5.41) is 2.71. The van der Waals surface area contributed by atoms with Crippen LogP contribution >= 0.6 is 0 Å². The number of rotatable bonds is 11. The molecule has 1 unspecified atom stereocenters.